The molecule has 0 amide bonds. The second-order valence-electron chi connectivity index (χ2n) is 1.14. The van der Waals surface area contributed by atoms with Gasteiger partial charge in [-0.05, 0) is 6.58 Å². The molecule has 0 bridgehead atoms. The molecule has 0 heterocycles. The van der Waals surface area contributed by atoms with Crippen molar-refractivity contribution in [2.45, 2.75) is 0 Å². The van der Waals surface area contributed by atoms with Crippen molar-refractivity contribution in [3.05, 3.63) is 12.3 Å². The molecule has 0 aromatic carbocycles. The number of nitriles is 1. The summed E-state index contributed by atoms with van der Waals surface area (Å²) in [7, 11) is 0. The largest absolute Gasteiger partial charge is 0.414 e. The van der Waals surface area contributed by atoms with Gasteiger partial charge in [-0.1, -0.05) is 0 Å². The van der Waals surface area contributed by atoms with Crippen LogP contribution in [-0.2, 0) is 9.53 Å². The van der Waals surface area contributed by atoms with Gasteiger partial charge in [-0.25, -0.2) is 9.18 Å². The Balaban J connectivity index is 3.64. The normalized spacial score (nSPS) is 7.56. The van der Waals surface area contributed by atoms with Crippen molar-refractivity contribution in [1.82, 2.24) is 0 Å². The summed E-state index contributed by atoms with van der Waals surface area (Å²) in [5.74, 6) is -1.49. The van der Waals surface area contributed by atoms with E-state index >= 15 is 0 Å². The van der Waals surface area contributed by atoms with E-state index in [1.54, 1.807) is 0 Å². The van der Waals surface area contributed by atoms with Gasteiger partial charge in [-0.2, -0.15) is 5.26 Å². The van der Waals surface area contributed by atoms with E-state index in [9.17, 15) is 9.18 Å². The van der Waals surface area contributed by atoms with Gasteiger partial charge in [0.2, 0.25) is 0 Å². The molecule has 0 N–H and O–H groups in total. The molecule has 0 aliphatic rings. The van der Waals surface area contributed by atoms with Gasteiger partial charge in [-0.3, -0.25) is 0 Å². The van der Waals surface area contributed by atoms with Gasteiger partial charge in [0.15, 0.2) is 12.4 Å². The van der Waals surface area contributed by atoms with Crippen LogP contribution in [0, 0.1) is 11.3 Å². The number of halogens is 1. The number of allylic oxidation sites excluding steroid dienone is 1. The van der Waals surface area contributed by atoms with Crippen LogP contribution >= 0.6 is 0 Å². The van der Waals surface area contributed by atoms with Crippen LogP contribution in [-0.4, -0.2) is 12.6 Å². The predicted molar refractivity (Wildman–Crippen MR) is 26.8 cm³/mol. The standard InChI is InChI=1S/C5H4FNO2/c1-4(3-7)9-5(8)2-6/h1-2H2. The van der Waals surface area contributed by atoms with E-state index in [4.69, 9.17) is 5.26 Å². The third kappa shape index (κ3) is 3.23. The average molecular weight is 129 g/mol. The number of rotatable bonds is 2. The molecule has 0 unspecified atom stereocenters. The Hall–Kier alpha value is -1.37. The average Bonchev–Trinajstić information content (AvgIpc) is 1.87. The van der Waals surface area contributed by atoms with E-state index < -0.39 is 18.4 Å². The van der Waals surface area contributed by atoms with Crippen molar-refractivity contribution in [3.63, 3.8) is 0 Å². The molecule has 0 aromatic heterocycles. The molecule has 3 nitrogen and oxygen atoms in total. The minimum absolute atomic E-state index is 0.391. The molecule has 4 heteroatoms. The molecular formula is C5H4FNO2. The van der Waals surface area contributed by atoms with Crippen LogP contribution in [0.5, 0.6) is 0 Å². The fourth-order valence-corrected chi connectivity index (χ4v) is 0.188. The first kappa shape index (κ1) is 7.63. The maximum Gasteiger partial charge on any atom is 0.343 e. The maximum absolute atomic E-state index is 11.3. The molecule has 0 aliphatic carbocycles. The summed E-state index contributed by atoms with van der Waals surface area (Å²) in [6.45, 7) is 1.75. The van der Waals surface area contributed by atoms with Crippen LogP contribution in [0.2, 0.25) is 0 Å². The molecule has 0 saturated heterocycles. The van der Waals surface area contributed by atoms with Crippen molar-refractivity contribution >= 4 is 5.97 Å². The van der Waals surface area contributed by atoms with Crippen LogP contribution in [0.1, 0.15) is 0 Å². The van der Waals surface area contributed by atoms with E-state index in [1.165, 1.54) is 6.07 Å². The highest BCUT2D eigenvalue weighted by atomic mass is 19.1. The topological polar surface area (TPSA) is 50.1 Å². The van der Waals surface area contributed by atoms with Crippen LogP contribution in [0.4, 0.5) is 4.39 Å². The summed E-state index contributed by atoms with van der Waals surface area (Å²) >= 11 is 0. The van der Waals surface area contributed by atoms with E-state index in [1.807, 2.05) is 0 Å². The van der Waals surface area contributed by atoms with Gasteiger partial charge < -0.3 is 4.74 Å². The molecular weight excluding hydrogens is 125 g/mol. The first-order valence-corrected chi connectivity index (χ1v) is 2.06. The summed E-state index contributed by atoms with van der Waals surface area (Å²) < 4.78 is 15.2. The highest BCUT2D eigenvalue weighted by molar-refractivity contribution is 5.72. The lowest BCUT2D eigenvalue weighted by molar-refractivity contribution is -0.139. The van der Waals surface area contributed by atoms with Crippen molar-refractivity contribution < 1.29 is 13.9 Å². The lowest BCUT2D eigenvalue weighted by Gasteiger charge is -1.93. The number of carbonyl (C=O) groups excluding carboxylic acids is 1. The number of alkyl halides is 1. The van der Waals surface area contributed by atoms with E-state index in [-0.39, 0.29) is 0 Å². The van der Waals surface area contributed by atoms with Crippen LogP contribution < -0.4 is 0 Å². The fraction of sp³-hybridized carbons (Fsp3) is 0.200. The molecule has 0 saturated carbocycles. The van der Waals surface area contributed by atoms with Crippen LogP contribution in [0.3, 0.4) is 0 Å². The van der Waals surface area contributed by atoms with Gasteiger partial charge in [0, 0.05) is 0 Å². The van der Waals surface area contributed by atoms with E-state index in [2.05, 4.69) is 11.3 Å². The first-order chi connectivity index (χ1) is 4.20. The third-order valence-electron chi connectivity index (χ3n) is 0.471. The third-order valence-corrected chi connectivity index (χ3v) is 0.471. The summed E-state index contributed by atoms with van der Waals surface area (Å²) in [4.78, 5) is 9.97. The van der Waals surface area contributed by atoms with Crippen molar-refractivity contribution in [1.29, 1.82) is 5.26 Å². The second-order valence-corrected chi connectivity index (χ2v) is 1.14. The molecule has 0 atom stereocenters. The number of hydrogen-bond donors (Lipinski definition) is 0. The molecule has 48 valence electrons. The molecule has 0 radical (unpaired) electrons. The van der Waals surface area contributed by atoms with Gasteiger partial charge >= 0.3 is 5.97 Å². The molecule has 0 rings (SSSR count). The van der Waals surface area contributed by atoms with Crippen LogP contribution in [0.15, 0.2) is 12.3 Å². The fourth-order valence-electron chi connectivity index (χ4n) is 0.188. The SMILES string of the molecule is C=C(C#N)OC(=O)CF. The summed E-state index contributed by atoms with van der Waals surface area (Å²) in [6.07, 6.45) is 0. The molecule has 0 spiro atoms. The predicted octanol–water partition coefficient (Wildman–Crippen LogP) is 0.536. The summed E-state index contributed by atoms with van der Waals surface area (Å²) in [5, 5.41) is 7.93. The number of ether oxygens (including phenoxy) is 1. The zero-order valence-electron chi connectivity index (χ0n) is 4.56. The minimum atomic E-state index is -1.24. The maximum atomic E-state index is 11.3. The van der Waals surface area contributed by atoms with Gasteiger partial charge in [-0.15, -0.1) is 0 Å². The summed E-state index contributed by atoms with van der Waals surface area (Å²) in [6, 6.07) is 1.43. The Morgan fingerprint density at radius 2 is 2.44 bits per heavy atom. The smallest absolute Gasteiger partial charge is 0.343 e. The van der Waals surface area contributed by atoms with Crippen molar-refractivity contribution in [2.24, 2.45) is 0 Å². The van der Waals surface area contributed by atoms with E-state index in [0.29, 0.717) is 0 Å². The van der Waals surface area contributed by atoms with Gasteiger partial charge in [0.05, 0.1) is 0 Å². The zero-order chi connectivity index (χ0) is 7.28. The number of esters is 1. The lowest BCUT2D eigenvalue weighted by atomic mass is 10.6. The second kappa shape index (κ2) is 3.61. The number of nitrogens with zero attached hydrogens (tertiary/aromatic N) is 1. The van der Waals surface area contributed by atoms with Crippen molar-refractivity contribution in [2.75, 3.05) is 6.67 Å². The van der Waals surface area contributed by atoms with Crippen molar-refractivity contribution in [3.8, 4) is 6.07 Å². The molecule has 0 aliphatic heterocycles. The molecule has 0 fully saturated rings. The zero-order valence-corrected chi connectivity index (χ0v) is 4.56. The minimum Gasteiger partial charge on any atom is -0.414 e. The molecule has 9 heavy (non-hydrogen) atoms. The van der Waals surface area contributed by atoms with Gasteiger partial charge in [0.25, 0.3) is 0 Å². The summed E-state index contributed by atoms with van der Waals surface area (Å²) in [5.41, 5.74) is 0. The van der Waals surface area contributed by atoms with E-state index in [0.717, 1.165) is 0 Å². The Kier molecular flexibility index (Phi) is 3.06. The highest BCUT2D eigenvalue weighted by Crippen LogP contribution is 1.90. The Bertz CT molecular complexity index is 170. The Morgan fingerprint density at radius 1 is 1.89 bits per heavy atom. The number of hydrogen-bond acceptors (Lipinski definition) is 3. The Labute approximate surface area is 51.3 Å². The highest BCUT2D eigenvalue weighted by Gasteiger charge is 2.01. The number of carbonyl (C=O) groups is 1. The monoisotopic (exact) mass is 129 g/mol. The molecule has 0 aromatic rings. The lowest BCUT2D eigenvalue weighted by Crippen LogP contribution is -2.03. The quantitative estimate of drug-likeness (QED) is 0.310. The first-order valence-electron chi connectivity index (χ1n) is 2.06. The Morgan fingerprint density at radius 3 is 2.78 bits per heavy atom. The van der Waals surface area contributed by atoms with Gasteiger partial charge in [0.1, 0.15) is 6.07 Å². The van der Waals surface area contributed by atoms with Crippen LogP contribution in [0.25, 0.3) is 0 Å².